The highest BCUT2D eigenvalue weighted by Crippen LogP contribution is 1.99. The number of carbonyl (C=O) groups excluding carboxylic acids is 2. The van der Waals surface area contributed by atoms with Gasteiger partial charge in [0.1, 0.15) is 0 Å². The van der Waals surface area contributed by atoms with E-state index in [0.29, 0.717) is 6.42 Å². The van der Waals surface area contributed by atoms with E-state index in [-0.39, 0.29) is 12.8 Å². The van der Waals surface area contributed by atoms with E-state index in [0.717, 1.165) is 25.7 Å². The van der Waals surface area contributed by atoms with Crippen LogP contribution in [0.4, 0.5) is 0 Å². The molecule has 0 aromatic rings. The Hall–Kier alpha value is -1.06. The van der Waals surface area contributed by atoms with Crippen molar-refractivity contribution in [1.82, 2.24) is 0 Å². The topological polar surface area (TPSA) is 52.6 Å². The first-order chi connectivity index (χ1) is 5.81. The Labute approximate surface area is 71.8 Å². The third-order valence-corrected chi connectivity index (χ3v) is 1.32. The molecule has 12 heavy (non-hydrogen) atoms. The van der Waals surface area contributed by atoms with Crippen molar-refractivity contribution in [2.45, 2.75) is 32.6 Å². The van der Waals surface area contributed by atoms with E-state index >= 15 is 0 Å². The number of esters is 1. The van der Waals surface area contributed by atoms with E-state index in [1.54, 1.807) is 0 Å². The second-order valence-electron chi connectivity index (χ2n) is 2.32. The van der Waals surface area contributed by atoms with Crippen molar-refractivity contribution in [3.63, 3.8) is 0 Å². The fourth-order valence-corrected chi connectivity index (χ4v) is 0.711. The lowest BCUT2D eigenvalue weighted by Gasteiger charge is -2.01. The van der Waals surface area contributed by atoms with E-state index in [9.17, 15) is 9.59 Å². The molecule has 0 bridgehead atoms. The van der Waals surface area contributed by atoms with Gasteiger partial charge in [-0.3, -0.25) is 4.79 Å². The highest BCUT2D eigenvalue weighted by molar-refractivity contribution is 5.69. The van der Waals surface area contributed by atoms with Crippen molar-refractivity contribution in [2.75, 3.05) is 6.79 Å². The van der Waals surface area contributed by atoms with E-state index in [1.165, 1.54) is 0 Å². The largest absolute Gasteiger partial charge is 0.428 e. The van der Waals surface area contributed by atoms with E-state index in [2.05, 4.69) is 16.4 Å². The zero-order chi connectivity index (χ0) is 9.23. The number of ether oxygens (including phenoxy) is 2. The van der Waals surface area contributed by atoms with Crippen LogP contribution in [-0.4, -0.2) is 19.2 Å². The predicted octanol–water partition coefficient (Wildman–Crippen LogP) is 1.15. The summed E-state index contributed by atoms with van der Waals surface area (Å²) in [5.41, 5.74) is 0. The van der Waals surface area contributed by atoms with Crippen molar-refractivity contribution >= 4 is 12.4 Å². The monoisotopic (exact) mass is 173 g/mol. The lowest BCUT2D eigenvalue weighted by Crippen LogP contribution is -2.07. The molecule has 0 saturated heterocycles. The highest BCUT2D eigenvalue weighted by Gasteiger charge is 2.00. The smallest absolute Gasteiger partial charge is 0.420 e. The number of unbranched alkanes of at least 4 members (excludes halogenated alkanes) is 2. The van der Waals surface area contributed by atoms with Gasteiger partial charge in [0.05, 0.1) is 0 Å². The lowest BCUT2D eigenvalue weighted by molar-refractivity contribution is -0.150. The lowest BCUT2D eigenvalue weighted by atomic mass is 10.2. The standard InChI is InChI=1S/C8H13O4/c1-2-3-4-5-8(10)12-7-11-6-9/h2-5,7H2,1H3. The van der Waals surface area contributed by atoms with Crippen LogP contribution in [0.25, 0.3) is 0 Å². The summed E-state index contributed by atoms with van der Waals surface area (Å²) in [6.07, 6.45) is 3.28. The number of rotatable bonds is 7. The Bertz CT molecular complexity index is 133. The first kappa shape index (κ1) is 10.9. The first-order valence-electron chi connectivity index (χ1n) is 3.95. The molecule has 69 valence electrons. The number of hydrogen-bond acceptors (Lipinski definition) is 4. The molecule has 0 aliphatic carbocycles. The summed E-state index contributed by atoms with van der Waals surface area (Å²) < 4.78 is 8.57. The Morgan fingerprint density at radius 3 is 2.75 bits per heavy atom. The molecular formula is C8H13O4. The fourth-order valence-electron chi connectivity index (χ4n) is 0.711. The molecule has 0 heterocycles. The Morgan fingerprint density at radius 2 is 2.17 bits per heavy atom. The van der Waals surface area contributed by atoms with Gasteiger partial charge in [-0.05, 0) is 6.42 Å². The third kappa shape index (κ3) is 7.05. The summed E-state index contributed by atoms with van der Waals surface area (Å²) in [7, 11) is 0. The summed E-state index contributed by atoms with van der Waals surface area (Å²) in [6.45, 7) is 2.89. The molecule has 0 aromatic carbocycles. The minimum absolute atomic E-state index is 0.325. The van der Waals surface area contributed by atoms with Gasteiger partial charge in [-0.15, -0.1) is 0 Å². The van der Waals surface area contributed by atoms with E-state index in [1.807, 2.05) is 0 Å². The molecule has 1 radical (unpaired) electrons. The van der Waals surface area contributed by atoms with Crippen LogP contribution in [-0.2, 0) is 19.1 Å². The maximum absolute atomic E-state index is 10.8. The molecule has 0 rings (SSSR count). The zero-order valence-electron chi connectivity index (χ0n) is 7.17. The summed E-state index contributed by atoms with van der Waals surface area (Å²) >= 11 is 0. The van der Waals surface area contributed by atoms with Gasteiger partial charge in [0.2, 0.25) is 6.79 Å². The Kier molecular flexibility index (Phi) is 7.33. The summed E-state index contributed by atoms with van der Waals surface area (Å²) in [5.74, 6) is -0.335. The van der Waals surface area contributed by atoms with Crippen molar-refractivity contribution in [2.24, 2.45) is 0 Å². The van der Waals surface area contributed by atoms with Gasteiger partial charge < -0.3 is 9.47 Å². The summed E-state index contributed by atoms with van der Waals surface area (Å²) in [6, 6.07) is 0. The molecule has 0 atom stereocenters. The molecule has 0 fully saturated rings. The summed E-state index contributed by atoms with van der Waals surface area (Å²) in [4.78, 5) is 20.3. The Balaban J connectivity index is 3.15. The van der Waals surface area contributed by atoms with Crippen molar-refractivity contribution in [3.05, 3.63) is 0 Å². The first-order valence-corrected chi connectivity index (χ1v) is 3.95. The quantitative estimate of drug-likeness (QED) is 0.329. The third-order valence-electron chi connectivity index (χ3n) is 1.32. The van der Waals surface area contributed by atoms with Crippen LogP contribution in [0.5, 0.6) is 0 Å². The van der Waals surface area contributed by atoms with Crippen LogP contribution in [0, 0.1) is 0 Å². The molecule has 0 N–H and O–H groups in total. The van der Waals surface area contributed by atoms with Gasteiger partial charge in [0, 0.05) is 6.42 Å². The Morgan fingerprint density at radius 1 is 1.42 bits per heavy atom. The maximum Gasteiger partial charge on any atom is 0.420 e. The van der Waals surface area contributed by atoms with Gasteiger partial charge in [0.15, 0.2) is 0 Å². The number of carbonyl (C=O) groups is 1. The second kappa shape index (κ2) is 8.04. The molecule has 0 spiro atoms. The second-order valence-corrected chi connectivity index (χ2v) is 2.32. The average Bonchev–Trinajstić information content (AvgIpc) is 2.06. The summed E-state index contributed by atoms with van der Waals surface area (Å²) in [5, 5.41) is 0. The maximum atomic E-state index is 10.8. The molecule has 0 aromatic heterocycles. The molecule has 0 unspecified atom stereocenters. The molecule has 0 aliphatic heterocycles. The molecule has 0 amide bonds. The van der Waals surface area contributed by atoms with Crippen molar-refractivity contribution < 1.29 is 19.1 Å². The minimum atomic E-state index is -0.335. The molecule has 4 nitrogen and oxygen atoms in total. The van der Waals surface area contributed by atoms with Crippen molar-refractivity contribution in [3.8, 4) is 0 Å². The number of hydrogen-bond donors (Lipinski definition) is 0. The van der Waals surface area contributed by atoms with Gasteiger partial charge in [0.25, 0.3) is 0 Å². The van der Waals surface area contributed by atoms with Crippen LogP contribution < -0.4 is 0 Å². The van der Waals surface area contributed by atoms with Crippen LogP contribution in [0.15, 0.2) is 0 Å². The average molecular weight is 173 g/mol. The van der Waals surface area contributed by atoms with Gasteiger partial charge in [-0.1, -0.05) is 19.8 Å². The predicted molar refractivity (Wildman–Crippen MR) is 41.9 cm³/mol. The minimum Gasteiger partial charge on any atom is -0.428 e. The molecule has 0 saturated carbocycles. The molecule has 4 heteroatoms. The normalized spacial score (nSPS) is 9.08. The van der Waals surface area contributed by atoms with Gasteiger partial charge in [-0.25, -0.2) is 4.79 Å². The van der Waals surface area contributed by atoms with Gasteiger partial charge in [-0.2, -0.15) is 0 Å². The molecule has 0 aliphatic rings. The van der Waals surface area contributed by atoms with E-state index < -0.39 is 0 Å². The SMILES string of the molecule is CCCCCC(=O)OCO[C]=O. The van der Waals surface area contributed by atoms with Crippen LogP contribution >= 0.6 is 0 Å². The van der Waals surface area contributed by atoms with Crippen molar-refractivity contribution in [1.29, 1.82) is 0 Å². The highest BCUT2D eigenvalue weighted by atomic mass is 16.7. The van der Waals surface area contributed by atoms with Crippen LogP contribution in [0.3, 0.4) is 0 Å². The van der Waals surface area contributed by atoms with Gasteiger partial charge >= 0.3 is 12.4 Å². The van der Waals surface area contributed by atoms with Crippen LogP contribution in [0.1, 0.15) is 32.6 Å². The van der Waals surface area contributed by atoms with Crippen LogP contribution in [0.2, 0.25) is 0 Å². The fraction of sp³-hybridized carbons (Fsp3) is 0.750. The molecular weight excluding hydrogens is 160 g/mol. The zero-order valence-corrected chi connectivity index (χ0v) is 7.17. The van der Waals surface area contributed by atoms with E-state index in [4.69, 9.17) is 0 Å².